The molecule has 0 aliphatic heterocycles. The molecule has 0 heterocycles. The third-order valence-corrected chi connectivity index (χ3v) is 3.65. The SMILES string of the molecule is COCCOC(C)C[N+](C)(C)C[N+](C)(C)CC(C)OCCOC. The maximum atomic E-state index is 5.79. The number of hydrogen-bond donors (Lipinski definition) is 0. The molecule has 6 nitrogen and oxygen atoms in total. The number of ether oxygens (including phenoxy) is 4. The van der Waals surface area contributed by atoms with Gasteiger partial charge >= 0.3 is 0 Å². The van der Waals surface area contributed by atoms with Crippen molar-refractivity contribution in [3.05, 3.63) is 0 Å². The molecule has 2 atom stereocenters. The van der Waals surface area contributed by atoms with Gasteiger partial charge in [-0.1, -0.05) is 0 Å². The quantitative estimate of drug-likeness (QED) is 0.271. The van der Waals surface area contributed by atoms with E-state index in [1.807, 2.05) is 0 Å². The lowest BCUT2D eigenvalue weighted by molar-refractivity contribution is -1.07. The number of likely N-dealkylation sites (N-methyl/N-ethyl adjacent to an activating group) is 2. The molecule has 2 unspecified atom stereocenters. The van der Waals surface area contributed by atoms with E-state index in [0.29, 0.717) is 26.4 Å². The highest BCUT2D eigenvalue weighted by atomic mass is 16.5. The van der Waals surface area contributed by atoms with Crippen molar-refractivity contribution in [1.82, 2.24) is 0 Å². The molecule has 0 radical (unpaired) electrons. The second-order valence-corrected chi connectivity index (χ2v) is 7.73. The lowest BCUT2D eigenvalue weighted by atomic mass is 10.3. The van der Waals surface area contributed by atoms with Crippen LogP contribution in [0.1, 0.15) is 13.8 Å². The highest BCUT2D eigenvalue weighted by molar-refractivity contribution is 4.50. The summed E-state index contributed by atoms with van der Waals surface area (Å²) in [6.07, 6.45) is 0.436. The molecule has 0 aromatic rings. The van der Waals surface area contributed by atoms with Gasteiger partial charge in [0.05, 0.1) is 54.6 Å². The summed E-state index contributed by atoms with van der Waals surface area (Å²) in [7, 11) is 12.4. The number of quaternary nitrogens is 2. The van der Waals surface area contributed by atoms with Gasteiger partial charge < -0.3 is 18.9 Å². The van der Waals surface area contributed by atoms with Crippen LogP contribution in [0.25, 0.3) is 0 Å². The summed E-state index contributed by atoms with van der Waals surface area (Å²) in [5.41, 5.74) is 0. The molecule has 23 heavy (non-hydrogen) atoms. The largest absolute Gasteiger partial charge is 0.382 e. The lowest BCUT2D eigenvalue weighted by Gasteiger charge is -2.40. The highest BCUT2D eigenvalue weighted by Gasteiger charge is 2.30. The third-order valence-electron chi connectivity index (χ3n) is 3.65. The maximum absolute atomic E-state index is 5.79. The molecule has 0 saturated heterocycles. The fourth-order valence-electron chi connectivity index (χ4n) is 3.31. The van der Waals surface area contributed by atoms with Crippen LogP contribution in [0.4, 0.5) is 0 Å². The zero-order valence-electron chi connectivity index (χ0n) is 16.6. The number of nitrogens with zero attached hydrogens (tertiary/aromatic N) is 2. The molecule has 0 aliphatic rings. The minimum Gasteiger partial charge on any atom is -0.382 e. The topological polar surface area (TPSA) is 36.9 Å². The smallest absolute Gasteiger partial charge is 0.206 e. The molecule has 0 fully saturated rings. The van der Waals surface area contributed by atoms with Crippen molar-refractivity contribution in [3.8, 4) is 0 Å². The molecule has 0 rings (SSSR count). The molecule has 0 aromatic carbocycles. The summed E-state index contributed by atoms with van der Waals surface area (Å²) in [6, 6.07) is 0. The summed E-state index contributed by atoms with van der Waals surface area (Å²) < 4.78 is 23.5. The van der Waals surface area contributed by atoms with E-state index < -0.39 is 0 Å². The van der Waals surface area contributed by atoms with Gasteiger partial charge in [-0.3, -0.25) is 8.97 Å². The van der Waals surface area contributed by atoms with Crippen molar-refractivity contribution in [2.24, 2.45) is 0 Å². The monoisotopic (exact) mass is 336 g/mol. The van der Waals surface area contributed by atoms with E-state index in [2.05, 4.69) is 42.0 Å². The molecule has 0 bridgehead atoms. The van der Waals surface area contributed by atoms with E-state index in [0.717, 1.165) is 28.7 Å². The van der Waals surface area contributed by atoms with Crippen LogP contribution in [-0.2, 0) is 18.9 Å². The molecule has 0 amide bonds. The molecular weight excluding hydrogens is 296 g/mol. The zero-order valence-corrected chi connectivity index (χ0v) is 16.6. The van der Waals surface area contributed by atoms with E-state index in [-0.39, 0.29) is 12.2 Å². The van der Waals surface area contributed by atoms with Crippen LogP contribution in [0, 0.1) is 0 Å². The Balaban J connectivity index is 4.26. The highest BCUT2D eigenvalue weighted by Crippen LogP contribution is 2.11. The van der Waals surface area contributed by atoms with E-state index in [9.17, 15) is 0 Å². The molecule has 0 spiro atoms. The van der Waals surface area contributed by atoms with E-state index in [1.54, 1.807) is 14.2 Å². The lowest BCUT2D eigenvalue weighted by Crippen LogP contribution is -2.59. The van der Waals surface area contributed by atoms with Gasteiger partial charge in [-0.05, 0) is 13.8 Å². The van der Waals surface area contributed by atoms with Crippen molar-refractivity contribution in [2.45, 2.75) is 26.1 Å². The van der Waals surface area contributed by atoms with Crippen LogP contribution < -0.4 is 0 Å². The fourth-order valence-corrected chi connectivity index (χ4v) is 3.31. The maximum Gasteiger partial charge on any atom is 0.206 e. The van der Waals surface area contributed by atoms with Crippen molar-refractivity contribution in [1.29, 1.82) is 0 Å². The second kappa shape index (κ2) is 11.3. The Morgan fingerprint density at radius 2 is 1.00 bits per heavy atom. The predicted octanol–water partition coefficient (Wildman–Crippen LogP) is 1.20. The molecule has 140 valence electrons. The van der Waals surface area contributed by atoms with E-state index in [4.69, 9.17) is 18.9 Å². The second-order valence-electron chi connectivity index (χ2n) is 7.73. The van der Waals surface area contributed by atoms with Crippen molar-refractivity contribution < 1.29 is 27.9 Å². The molecule has 0 saturated carbocycles. The van der Waals surface area contributed by atoms with Gasteiger partial charge in [0.2, 0.25) is 6.67 Å². The van der Waals surface area contributed by atoms with Gasteiger partial charge in [-0.25, -0.2) is 0 Å². The van der Waals surface area contributed by atoms with Crippen LogP contribution in [0.5, 0.6) is 0 Å². The number of hydrogen-bond acceptors (Lipinski definition) is 4. The molecule has 6 heteroatoms. The van der Waals surface area contributed by atoms with Gasteiger partial charge in [-0.15, -0.1) is 0 Å². The first-order valence-corrected chi connectivity index (χ1v) is 8.47. The molecule has 0 N–H and O–H groups in total. The normalized spacial score (nSPS) is 15.7. The minimum atomic E-state index is 0.218. The van der Waals surface area contributed by atoms with Gasteiger partial charge in [0.1, 0.15) is 25.3 Å². The summed E-state index contributed by atoms with van der Waals surface area (Å²) in [6.45, 7) is 9.84. The van der Waals surface area contributed by atoms with Gasteiger partial charge in [0.15, 0.2) is 0 Å². The first-order valence-electron chi connectivity index (χ1n) is 8.47. The van der Waals surface area contributed by atoms with Crippen LogP contribution in [0.3, 0.4) is 0 Å². The average molecular weight is 337 g/mol. The minimum absolute atomic E-state index is 0.218. The summed E-state index contributed by atoms with van der Waals surface area (Å²) in [5.74, 6) is 0. The Kier molecular flexibility index (Phi) is 11.2. The van der Waals surface area contributed by atoms with Crippen LogP contribution in [0.2, 0.25) is 0 Å². The summed E-state index contributed by atoms with van der Waals surface area (Å²) in [5, 5.41) is 0. The Morgan fingerprint density at radius 1 is 0.652 bits per heavy atom. The Hall–Kier alpha value is -0.240. The third kappa shape index (κ3) is 12.8. The molecule has 0 aromatic heterocycles. The number of rotatable bonds is 14. The van der Waals surface area contributed by atoms with Crippen LogP contribution in [0.15, 0.2) is 0 Å². The molecule has 0 aliphatic carbocycles. The zero-order chi connectivity index (χ0) is 17.9. The number of methoxy groups -OCH3 is 2. The fraction of sp³-hybridized carbons (Fsp3) is 1.00. The standard InChI is InChI=1S/C17H40N2O4/c1-16(22-11-9-20-7)13-18(3,4)15-19(5,6)14-17(2)23-12-10-21-8/h16-17H,9-15H2,1-8H3/q+2. The van der Waals surface area contributed by atoms with Gasteiger partial charge in [0, 0.05) is 14.2 Å². The van der Waals surface area contributed by atoms with Crippen LogP contribution in [-0.4, -0.2) is 110 Å². The Morgan fingerprint density at radius 3 is 1.30 bits per heavy atom. The van der Waals surface area contributed by atoms with Gasteiger partial charge in [-0.2, -0.15) is 0 Å². The van der Waals surface area contributed by atoms with E-state index >= 15 is 0 Å². The first kappa shape index (κ1) is 22.8. The average Bonchev–Trinajstić information content (AvgIpc) is 2.36. The van der Waals surface area contributed by atoms with E-state index in [1.165, 1.54) is 0 Å². The van der Waals surface area contributed by atoms with Crippen molar-refractivity contribution in [2.75, 3.05) is 88.6 Å². The van der Waals surface area contributed by atoms with Gasteiger partial charge in [0.25, 0.3) is 0 Å². The first-order chi connectivity index (χ1) is 10.6. The van der Waals surface area contributed by atoms with Crippen LogP contribution >= 0.6 is 0 Å². The Bertz CT molecular complexity index is 270. The summed E-state index contributed by atoms with van der Waals surface area (Å²) in [4.78, 5) is 0. The summed E-state index contributed by atoms with van der Waals surface area (Å²) >= 11 is 0. The predicted molar refractivity (Wildman–Crippen MR) is 93.4 cm³/mol. The molecular formula is C17H40N2O4+2. The van der Waals surface area contributed by atoms with Crippen molar-refractivity contribution >= 4 is 0 Å². The Labute approximate surface area is 143 Å². The van der Waals surface area contributed by atoms with Crippen molar-refractivity contribution in [3.63, 3.8) is 0 Å².